The van der Waals surface area contributed by atoms with Crippen LogP contribution in [0.25, 0.3) is 11.0 Å². The molecular weight excluding hydrogens is 400 g/mol. The minimum Gasteiger partial charge on any atom is -0.423 e. The summed E-state index contributed by atoms with van der Waals surface area (Å²) >= 11 is 1.35. The molecule has 1 saturated heterocycles. The number of hydrogen-bond acceptors (Lipinski definition) is 8. The predicted molar refractivity (Wildman–Crippen MR) is 106 cm³/mol. The van der Waals surface area contributed by atoms with Crippen LogP contribution in [0.4, 0.5) is 0 Å². The Morgan fingerprint density at radius 3 is 2.68 bits per heavy atom. The van der Waals surface area contributed by atoms with E-state index >= 15 is 0 Å². The van der Waals surface area contributed by atoms with E-state index in [1.165, 1.54) is 17.8 Å². The molecule has 2 aromatic heterocycles. The minimum absolute atomic E-state index is 0.0391. The maximum Gasteiger partial charge on any atom is 0.336 e. The summed E-state index contributed by atoms with van der Waals surface area (Å²) in [7, 11) is -2.92. The number of thioether (sulfide) groups is 1. The van der Waals surface area contributed by atoms with Crippen LogP contribution in [0.1, 0.15) is 29.0 Å². The third-order valence-corrected chi connectivity index (χ3v) is 7.74. The number of aryl methyl sites for hydroxylation is 2. The molecule has 0 spiro atoms. The first kappa shape index (κ1) is 19.2. The smallest absolute Gasteiger partial charge is 0.336 e. The Balaban J connectivity index is 1.49. The van der Waals surface area contributed by atoms with Gasteiger partial charge >= 0.3 is 5.63 Å². The number of aromatic nitrogens is 2. The molecule has 1 aliphatic rings. The Hall–Kier alpha value is -2.13. The van der Waals surface area contributed by atoms with Crippen molar-refractivity contribution in [1.82, 2.24) is 10.2 Å². The number of sulfone groups is 1. The number of hydrogen-bond donors (Lipinski definition) is 0. The molecule has 0 amide bonds. The van der Waals surface area contributed by atoms with Crippen molar-refractivity contribution in [2.75, 3.05) is 11.5 Å². The number of benzene rings is 1. The van der Waals surface area contributed by atoms with Crippen molar-refractivity contribution >= 4 is 32.6 Å². The minimum atomic E-state index is -2.92. The fourth-order valence-electron chi connectivity index (χ4n) is 3.40. The molecule has 28 heavy (non-hydrogen) atoms. The van der Waals surface area contributed by atoms with Gasteiger partial charge in [-0.15, -0.1) is 10.2 Å². The monoisotopic (exact) mass is 420 g/mol. The van der Waals surface area contributed by atoms with Crippen molar-refractivity contribution in [2.24, 2.45) is 5.92 Å². The van der Waals surface area contributed by atoms with Gasteiger partial charge in [-0.3, -0.25) is 0 Å². The van der Waals surface area contributed by atoms with E-state index in [0.29, 0.717) is 35.3 Å². The average molecular weight is 421 g/mol. The summed E-state index contributed by atoms with van der Waals surface area (Å²) in [4.78, 5) is 11.9. The van der Waals surface area contributed by atoms with Gasteiger partial charge in [0.25, 0.3) is 5.22 Å². The molecule has 3 heterocycles. The normalized spacial score (nSPS) is 18.7. The van der Waals surface area contributed by atoms with E-state index < -0.39 is 9.84 Å². The third-order valence-electron chi connectivity index (χ3n) is 5.03. The fraction of sp³-hybridized carbons (Fsp3) is 0.421. The first-order chi connectivity index (χ1) is 13.3. The highest BCUT2D eigenvalue weighted by molar-refractivity contribution is 7.98. The average Bonchev–Trinajstić information content (AvgIpc) is 3.20. The molecule has 0 radical (unpaired) electrons. The lowest BCUT2D eigenvalue weighted by molar-refractivity contribution is 0.389. The van der Waals surface area contributed by atoms with Crippen LogP contribution in [0.3, 0.4) is 0 Å². The van der Waals surface area contributed by atoms with Crippen molar-refractivity contribution in [1.29, 1.82) is 0 Å². The Kier molecular flexibility index (Phi) is 5.05. The number of nitrogens with zero attached hydrogens (tertiary/aromatic N) is 2. The van der Waals surface area contributed by atoms with Crippen LogP contribution in [-0.4, -0.2) is 30.1 Å². The number of rotatable bonds is 5. The Morgan fingerprint density at radius 2 is 1.93 bits per heavy atom. The molecule has 0 saturated carbocycles. The second-order valence-electron chi connectivity index (χ2n) is 7.25. The van der Waals surface area contributed by atoms with Gasteiger partial charge in [-0.25, -0.2) is 13.2 Å². The molecule has 0 aliphatic carbocycles. The zero-order valence-electron chi connectivity index (χ0n) is 15.6. The summed E-state index contributed by atoms with van der Waals surface area (Å²) in [6, 6.07) is 5.38. The molecule has 1 aromatic carbocycles. The van der Waals surface area contributed by atoms with Gasteiger partial charge in [0.05, 0.1) is 11.5 Å². The van der Waals surface area contributed by atoms with Gasteiger partial charge in [0.15, 0.2) is 9.84 Å². The Labute approximate surface area is 166 Å². The molecule has 4 rings (SSSR count). The Morgan fingerprint density at radius 1 is 1.14 bits per heavy atom. The molecule has 148 valence electrons. The summed E-state index contributed by atoms with van der Waals surface area (Å²) < 4.78 is 34.1. The third kappa shape index (κ3) is 4.15. The van der Waals surface area contributed by atoms with E-state index in [4.69, 9.17) is 8.83 Å². The van der Waals surface area contributed by atoms with Gasteiger partial charge < -0.3 is 8.83 Å². The van der Waals surface area contributed by atoms with Crippen molar-refractivity contribution in [2.45, 2.75) is 37.7 Å². The standard InChI is InChI=1S/C19H20N2O5S2/c1-11-5-15-14(8-18(22)25-16(15)6-12(11)2)9-27-19-21-20-17(26-19)7-13-3-4-28(23,24)10-13/h5-6,8,13H,3-4,7,9-10H2,1-2H3. The van der Waals surface area contributed by atoms with E-state index in [2.05, 4.69) is 10.2 Å². The van der Waals surface area contributed by atoms with Crippen LogP contribution in [0.15, 0.2) is 37.1 Å². The van der Waals surface area contributed by atoms with E-state index in [1.54, 1.807) is 0 Å². The topological polar surface area (TPSA) is 103 Å². The lowest BCUT2D eigenvalue weighted by Gasteiger charge is -2.07. The van der Waals surface area contributed by atoms with Gasteiger partial charge in [-0.2, -0.15) is 0 Å². The van der Waals surface area contributed by atoms with Crippen molar-refractivity contribution < 1.29 is 17.3 Å². The van der Waals surface area contributed by atoms with Crippen LogP contribution in [0, 0.1) is 19.8 Å². The van der Waals surface area contributed by atoms with Crippen LogP contribution in [-0.2, 0) is 22.0 Å². The summed E-state index contributed by atoms with van der Waals surface area (Å²) in [5.74, 6) is 1.40. The maximum absolute atomic E-state index is 11.9. The largest absolute Gasteiger partial charge is 0.423 e. The SMILES string of the molecule is Cc1cc2oc(=O)cc(CSc3nnc(CC4CCS(=O)(=O)C4)o3)c2cc1C. The summed E-state index contributed by atoms with van der Waals surface area (Å²) in [6.07, 6.45) is 1.11. The molecule has 3 aromatic rings. The molecular formula is C19H20N2O5S2. The van der Waals surface area contributed by atoms with Gasteiger partial charge in [0, 0.05) is 23.6 Å². The zero-order valence-corrected chi connectivity index (χ0v) is 17.2. The first-order valence-electron chi connectivity index (χ1n) is 8.99. The molecule has 1 fully saturated rings. The van der Waals surface area contributed by atoms with E-state index in [0.717, 1.165) is 22.1 Å². The van der Waals surface area contributed by atoms with E-state index in [1.807, 2.05) is 26.0 Å². The van der Waals surface area contributed by atoms with Crippen LogP contribution in [0.5, 0.6) is 0 Å². The molecule has 7 nitrogen and oxygen atoms in total. The van der Waals surface area contributed by atoms with Crippen LogP contribution < -0.4 is 5.63 Å². The second-order valence-corrected chi connectivity index (χ2v) is 10.4. The lowest BCUT2D eigenvalue weighted by atomic mass is 10.0. The zero-order chi connectivity index (χ0) is 19.9. The summed E-state index contributed by atoms with van der Waals surface area (Å²) in [5, 5.41) is 9.37. The van der Waals surface area contributed by atoms with Crippen LogP contribution >= 0.6 is 11.8 Å². The molecule has 9 heteroatoms. The van der Waals surface area contributed by atoms with Gasteiger partial charge in [-0.1, -0.05) is 11.8 Å². The molecule has 0 N–H and O–H groups in total. The van der Waals surface area contributed by atoms with E-state index in [9.17, 15) is 13.2 Å². The van der Waals surface area contributed by atoms with Crippen molar-refractivity contribution in [3.8, 4) is 0 Å². The number of fused-ring (bicyclic) bond motifs is 1. The van der Waals surface area contributed by atoms with Gasteiger partial charge in [0.2, 0.25) is 5.89 Å². The highest BCUT2D eigenvalue weighted by Crippen LogP contribution is 2.28. The lowest BCUT2D eigenvalue weighted by Crippen LogP contribution is -2.07. The quantitative estimate of drug-likeness (QED) is 0.458. The van der Waals surface area contributed by atoms with Gasteiger partial charge in [0.1, 0.15) is 5.58 Å². The maximum atomic E-state index is 11.9. The highest BCUT2D eigenvalue weighted by Gasteiger charge is 2.29. The highest BCUT2D eigenvalue weighted by atomic mass is 32.2. The van der Waals surface area contributed by atoms with Gasteiger partial charge in [-0.05, 0) is 55.0 Å². The van der Waals surface area contributed by atoms with E-state index in [-0.39, 0.29) is 23.0 Å². The first-order valence-corrected chi connectivity index (χ1v) is 11.8. The fourth-order valence-corrected chi connectivity index (χ4v) is 6.03. The van der Waals surface area contributed by atoms with Crippen molar-refractivity contribution in [3.05, 3.63) is 51.2 Å². The summed E-state index contributed by atoms with van der Waals surface area (Å²) in [6.45, 7) is 4.00. The van der Waals surface area contributed by atoms with Crippen molar-refractivity contribution in [3.63, 3.8) is 0 Å². The molecule has 1 aliphatic heterocycles. The molecule has 0 bridgehead atoms. The second kappa shape index (κ2) is 7.36. The Bertz CT molecular complexity index is 1200. The predicted octanol–water partition coefficient (Wildman–Crippen LogP) is 3.06. The molecule has 1 atom stereocenters. The summed E-state index contributed by atoms with van der Waals surface area (Å²) in [5.41, 5.74) is 3.22. The van der Waals surface area contributed by atoms with Crippen LogP contribution in [0.2, 0.25) is 0 Å². The molecule has 1 unspecified atom stereocenters.